The molecule has 18 heavy (non-hydrogen) atoms. The van der Waals surface area contributed by atoms with E-state index in [1.807, 2.05) is 0 Å². The second kappa shape index (κ2) is 6.18. The van der Waals surface area contributed by atoms with Gasteiger partial charge >= 0.3 is 6.01 Å². The molecule has 1 unspecified atom stereocenters. The Morgan fingerprint density at radius 1 is 1.39 bits per heavy atom. The number of rotatable bonds is 5. The maximum absolute atomic E-state index is 5.72. The smallest absolute Gasteiger partial charge is 0.318 e. The normalized spacial score (nSPS) is 20.7. The Labute approximate surface area is 109 Å². The van der Waals surface area contributed by atoms with Crippen LogP contribution >= 0.6 is 0 Å². The molecule has 1 aromatic rings. The Morgan fingerprint density at radius 2 is 2.22 bits per heavy atom. The molecule has 0 aliphatic carbocycles. The van der Waals surface area contributed by atoms with Crippen molar-refractivity contribution < 1.29 is 4.42 Å². The quantitative estimate of drug-likeness (QED) is 0.870. The van der Waals surface area contributed by atoms with Crippen LogP contribution < -0.4 is 10.2 Å². The van der Waals surface area contributed by atoms with Crippen molar-refractivity contribution in [3.8, 4) is 0 Å². The lowest BCUT2D eigenvalue weighted by Crippen LogP contribution is -2.37. The highest BCUT2D eigenvalue weighted by molar-refractivity contribution is 5.26. The van der Waals surface area contributed by atoms with Crippen LogP contribution in [-0.2, 0) is 6.54 Å². The zero-order valence-corrected chi connectivity index (χ0v) is 11.6. The van der Waals surface area contributed by atoms with Gasteiger partial charge in [-0.2, -0.15) is 0 Å². The molecule has 102 valence electrons. The van der Waals surface area contributed by atoms with Crippen molar-refractivity contribution in [3.05, 3.63) is 5.89 Å². The lowest BCUT2D eigenvalue weighted by atomic mass is 10.0. The van der Waals surface area contributed by atoms with Crippen molar-refractivity contribution in [2.24, 2.45) is 5.92 Å². The van der Waals surface area contributed by atoms with Crippen LogP contribution in [0.5, 0.6) is 0 Å². The van der Waals surface area contributed by atoms with Crippen LogP contribution in [0.3, 0.4) is 0 Å². The van der Waals surface area contributed by atoms with Gasteiger partial charge in [0, 0.05) is 12.6 Å². The molecule has 1 N–H and O–H groups in total. The second-order valence-corrected chi connectivity index (χ2v) is 5.54. The molecule has 1 aliphatic rings. The molecule has 5 nitrogen and oxygen atoms in total. The van der Waals surface area contributed by atoms with Crippen molar-refractivity contribution in [1.82, 2.24) is 15.5 Å². The third-order valence-electron chi connectivity index (χ3n) is 3.33. The van der Waals surface area contributed by atoms with Gasteiger partial charge in [0.15, 0.2) is 0 Å². The fourth-order valence-electron chi connectivity index (χ4n) is 2.28. The van der Waals surface area contributed by atoms with E-state index in [0.717, 1.165) is 13.1 Å². The number of piperidine rings is 1. The van der Waals surface area contributed by atoms with Gasteiger partial charge in [0.2, 0.25) is 5.89 Å². The monoisotopic (exact) mass is 252 g/mol. The molecule has 5 heteroatoms. The largest absolute Gasteiger partial charge is 0.407 e. The molecule has 1 atom stereocenters. The third kappa shape index (κ3) is 3.45. The molecule has 2 heterocycles. The van der Waals surface area contributed by atoms with E-state index in [9.17, 15) is 0 Å². The van der Waals surface area contributed by atoms with Gasteiger partial charge in [0.1, 0.15) is 0 Å². The first-order chi connectivity index (χ1) is 8.66. The summed E-state index contributed by atoms with van der Waals surface area (Å²) in [6.45, 7) is 9.25. The minimum atomic E-state index is 0.510. The Hall–Kier alpha value is -1.10. The van der Waals surface area contributed by atoms with Crippen molar-refractivity contribution in [1.29, 1.82) is 0 Å². The molecule has 1 fully saturated rings. The van der Waals surface area contributed by atoms with Gasteiger partial charge in [-0.25, -0.2) is 0 Å². The number of hydrogen-bond donors (Lipinski definition) is 1. The SMILES string of the molecule is CC(C)CNCc1nnc(N2CCCCC2C)o1. The van der Waals surface area contributed by atoms with Crippen LogP contribution in [0.25, 0.3) is 0 Å². The van der Waals surface area contributed by atoms with Gasteiger partial charge in [-0.05, 0) is 38.6 Å². The van der Waals surface area contributed by atoms with E-state index in [2.05, 4.69) is 41.2 Å². The predicted octanol–water partition coefficient (Wildman–Crippen LogP) is 2.19. The highest BCUT2D eigenvalue weighted by atomic mass is 16.4. The number of aromatic nitrogens is 2. The number of nitrogens with one attached hydrogen (secondary N) is 1. The molecule has 1 saturated heterocycles. The summed E-state index contributed by atoms with van der Waals surface area (Å²) in [6.07, 6.45) is 3.73. The van der Waals surface area contributed by atoms with Crippen LogP contribution in [-0.4, -0.2) is 29.3 Å². The van der Waals surface area contributed by atoms with Gasteiger partial charge in [0.05, 0.1) is 6.54 Å². The summed E-state index contributed by atoms with van der Waals surface area (Å²) in [6, 6.07) is 1.19. The minimum Gasteiger partial charge on any atom is -0.407 e. The number of nitrogens with zero attached hydrogens (tertiary/aromatic N) is 3. The van der Waals surface area contributed by atoms with Crippen LogP contribution in [0.1, 0.15) is 45.9 Å². The molecule has 1 aromatic heterocycles. The first-order valence-electron chi connectivity index (χ1n) is 6.96. The summed E-state index contributed by atoms with van der Waals surface area (Å²) in [5, 5.41) is 11.6. The van der Waals surface area contributed by atoms with E-state index in [-0.39, 0.29) is 0 Å². The summed E-state index contributed by atoms with van der Waals surface area (Å²) in [7, 11) is 0. The maximum Gasteiger partial charge on any atom is 0.318 e. The van der Waals surface area contributed by atoms with E-state index < -0.39 is 0 Å². The molecule has 0 saturated carbocycles. The summed E-state index contributed by atoms with van der Waals surface area (Å²) in [4.78, 5) is 2.22. The van der Waals surface area contributed by atoms with Crippen molar-refractivity contribution in [2.75, 3.05) is 18.0 Å². The van der Waals surface area contributed by atoms with E-state index >= 15 is 0 Å². The van der Waals surface area contributed by atoms with Crippen molar-refractivity contribution in [2.45, 2.75) is 52.6 Å². The first-order valence-corrected chi connectivity index (χ1v) is 6.96. The Bertz CT molecular complexity index is 364. The van der Waals surface area contributed by atoms with Gasteiger partial charge in [0.25, 0.3) is 0 Å². The zero-order chi connectivity index (χ0) is 13.0. The average molecular weight is 252 g/mol. The van der Waals surface area contributed by atoms with Gasteiger partial charge in [-0.1, -0.05) is 18.9 Å². The fraction of sp³-hybridized carbons (Fsp3) is 0.846. The molecular formula is C13H24N4O. The summed E-state index contributed by atoms with van der Waals surface area (Å²) in [5.74, 6) is 1.32. The Balaban J connectivity index is 1.88. The van der Waals surface area contributed by atoms with Crippen LogP contribution in [0.4, 0.5) is 6.01 Å². The number of anilines is 1. The fourth-order valence-corrected chi connectivity index (χ4v) is 2.28. The maximum atomic E-state index is 5.72. The standard InChI is InChI=1S/C13H24N4O/c1-10(2)8-14-9-12-15-16-13(18-12)17-7-5-4-6-11(17)3/h10-11,14H,4-9H2,1-3H3. The van der Waals surface area contributed by atoms with Crippen molar-refractivity contribution in [3.63, 3.8) is 0 Å². The Morgan fingerprint density at radius 3 is 2.94 bits per heavy atom. The van der Waals surface area contributed by atoms with E-state index in [4.69, 9.17) is 4.42 Å². The molecule has 2 rings (SSSR count). The highest BCUT2D eigenvalue weighted by Gasteiger charge is 2.23. The lowest BCUT2D eigenvalue weighted by molar-refractivity contribution is 0.409. The molecule has 0 radical (unpaired) electrons. The Kier molecular flexibility index (Phi) is 4.58. The highest BCUT2D eigenvalue weighted by Crippen LogP contribution is 2.23. The molecule has 0 amide bonds. The van der Waals surface area contributed by atoms with Gasteiger partial charge < -0.3 is 14.6 Å². The zero-order valence-electron chi connectivity index (χ0n) is 11.6. The first kappa shape index (κ1) is 13.3. The van der Waals surface area contributed by atoms with Crippen LogP contribution in [0.15, 0.2) is 4.42 Å². The molecular weight excluding hydrogens is 228 g/mol. The lowest BCUT2D eigenvalue weighted by Gasteiger charge is -2.31. The molecule has 0 bridgehead atoms. The second-order valence-electron chi connectivity index (χ2n) is 5.54. The van der Waals surface area contributed by atoms with Crippen LogP contribution in [0.2, 0.25) is 0 Å². The molecule has 1 aliphatic heterocycles. The number of hydrogen-bond acceptors (Lipinski definition) is 5. The summed E-state index contributed by atoms with van der Waals surface area (Å²) in [5.41, 5.74) is 0. The van der Waals surface area contributed by atoms with Gasteiger partial charge in [-0.3, -0.25) is 0 Å². The molecule has 0 aromatic carbocycles. The van der Waals surface area contributed by atoms with E-state index in [1.165, 1.54) is 19.3 Å². The van der Waals surface area contributed by atoms with E-state index in [0.29, 0.717) is 30.4 Å². The summed E-state index contributed by atoms with van der Waals surface area (Å²) >= 11 is 0. The third-order valence-corrected chi connectivity index (χ3v) is 3.33. The minimum absolute atomic E-state index is 0.510. The van der Waals surface area contributed by atoms with Crippen molar-refractivity contribution >= 4 is 6.01 Å². The topological polar surface area (TPSA) is 54.2 Å². The molecule has 0 spiro atoms. The predicted molar refractivity (Wildman–Crippen MR) is 71.5 cm³/mol. The van der Waals surface area contributed by atoms with E-state index in [1.54, 1.807) is 0 Å². The van der Waals surface area contributed by atoms with Gasteiger partial charge in [-0.15, -0.1) is 5.10 Å². The van der Waals surface area contributed by atoms with Crippen LogP contribution in [0, 0.1) is 5.92 Å². The average Bonchev–Trinajstić information content (AvgIpc) is 2.78. The summed E-state index contributed by atoms with van der Waals surface area (Å²) < 4.78 is 5.72.